The van der Waals surface area contributed by atoms with Crippen molar-refractivity contribution in [2.75, 3.05) is 0 Å². The lowest BCUT2D eigenvalue weighted by Gasteiger charge is -2.04. The van der Waals surface area contributed by atoms with E-state index in [2.05, 4.69) is 20.9 Å². The van der Waals surface area contributed by atoms with Crippen LogP contribution in [-0.2, 0) is 0 Å². The van der Waals surface area contributed by atoms with Gasteiger partial charge in [-0.2, -0.15) is 0 Å². The van der Waals surface area contributed by atoms with Crippen molar-refractivity contribution in [1.29, 1.82) is 0 Å². The summed E-state index contributed by atoms with van der Waals surface area (Å²) in [5.41, 5.74) is 0. The molecule has 0 aromatic carbocycles. The van der Waals surface area contributed by atoms with Gasteiger partial charge < -0.3 is 0 Å². The summed E-state index contributed by atoms with van der Waals surface area (Å²) in [6.45, 7) is 1.99. The molecule has 0 saturated heterocycles. The van der Waals surface area contributed by atoms with Gasteiger partial charge in [-0.05, 0) is 19.1 Å². The Morgan fingerprint density at radius 1 is 1.71 bits per heavy atom. The maximum absolute atomic E-state index is 4.05. The maximum atomic E-state index is 4.05. The van der Waals surface area contributed by atoms with Gasteiger partial charge in [-0.3, -0.25) is 4.99 Å². The van der Waals surface area contributed by atoms with Crippen molar-refractivity contribution in [1.82, 2.24) is 0 Å². The third-order valence-electron chi connectivity index (χ3n) is 0.813. The number of aliphatic imine (C=N–C) groups is 1. The third kappa shape index (κ3) is 1.13. The first-order valence-electron chi connectivity index (χ1n) is 2.13. The third-order valence-corrected chi connectivity index (χ3v) is 1.28. The molecule has 0 amide bonds. The first kappa shape index (κ1) is 5.04. The molecule has 0 bridgehead atoms. The Balaban J connectivity index is 2.77. The van der Waals surface area contributed by atoms with E-state index in [-0.39, 0.29) is 4.45 Å². The summed E-state index contributed by atoms with van der Waals surface area (Å²) in [6, 6.07) is 0. The molecule has 1 aliphatic rings. The topological polar surface area (TPSA) is 12.4 Å². The Labute approximate surface area is 51.3 Å². The molecule has 0 aliphatic carbocycles. The molecule has 0 fully saturated rings. The van der Waals surface area contributed by atoms with E-state index in [0.29, 0.717) is 0 Å². The van der Waals surface area contributed by atoms with E-state index in [9.17, 15) is 0 Å². The molecule has 1 nitrogen and oxygen atoms in total. The Hall–Kier alpha value is -0.110. The van der Waals surface area contributed by atoms with Crippen molar-refractivity contribution >= 4 is 22.1 Å². The molecule has 2 heteroatoms. The van der Waals surface area contributed by atoms with E-state index in [1.54, 1.807) is 6.21 Å². The van der Waals surface area contributed by atoms with Crippen LogP contribution in [0.3, 0.4) is 0 Å². The standard InChI is InChI=1S/C5H6BrN/c1-5(6)3-2-4-7-5/h2-4H,1H3. The second-order valence-corrected chi connectivity index (χ2v) is 3.27. The first-order chi connectivity index (χ1) is 3.21. The molecule has 1 heterocycles. The molecule has 1 aliphatic heterocycles. The van der Waals surface area contributed by atoms with Gasteiger partial charge in [0.2, 0.25) is 0 Å². The van der Waals surface area contributed by atoms with Crippen LogP contribution in [0.1, 0.15) is 6.92 Å². The minimum Gasteiger partial charge on any atom is -0.271 e. The van der Waals surface area contributed by atoms with E-state index < -0.39 is 0 Å². The maximum Gasteiger partial charge on any atom is 0.131 e. The number of nitrogens with zero attached hydrogens (tertiary/aromatic N) is 1. The highest BCUT2D eigenvalue weighted by Gasteiger charge is 2.14. The number of rotatable bonds is 0. The summed E-state index contributed by atoms with van der Waals surface area (Å²) in [5.74, 6) is 0. The van der Waals surface area contributed by atoms with Crippen LogP contribution < -0.4 is 0 Å². The van der Waals surface area contributed by atoms with Crippen molar-refractivity contribution in [2.45, 2.75) is 11.4 Å². The number of allylic oxidation sites excluding steroid dienone is 1. The van der Waals surface area contributed by atoms with Crippen LogP contribution in [0, 0.1) is 0 Å². The number of alkyl halides is 1. The molecule has 0 aromatic rings. The summed E-state index contributed by atoms with van der Waals surface area (Å²) in [7, 11) is 0. The van der Waals surface area contributed by atoms with Gasteiger partial charge in [0.1, 0.15) is 4.45 Å². The van der Waals surface area contributed by atoms with E-state index in [1.807, 2.05) is 19.1 Å². The van der Waals surface area contributed by atoms with Gasteiger partial charge in [0.25, 0.3) is 0 Å². The van der Waals surface area contributed by atoms with Crippen molar-refractivity contribution in [3.8, 4) is 0 Å². The van der Waals surface area contributed by atoms with Crippen molar-refractivity contribution < 1.29 is 0 Å². The first-order valence-corrected chi connectivity index (χ1v) is 2.92. The van der Waals surface area contributed by atoms with Crippen LogP contribution >= 0.6 is 15.9 Å². The van der Waals surface area contributed by atoms with E-state index in [1.165, 1.54) is 0 Å². The summed E-state index contributed by atoms with van der Waals surface area (Å²) < 4.78 is -0.104. The van der Waals surface area contributed by atoms with Gasteiger partial charge in [-0.25, -0.2) is 0 Å². The second-order valence-electron chi connectivity index (χ2n) is 1.66. The van der Waals surface area contributed by atoms with Crippen LogP contribution in [0.2, 0.25) is 0 Å². The largest absolute Gasteiger partial charge is 0.271 e. The molecule has 38 valence electrons. The van der Waals surface area contributed by atoms with Crippen molar-refractivity contribution in [3.05, 3.63) is 12.2 Å². The Kier molecular flexibility index (Phi) is 1.04. The molecule has 7 heavy (non-hydrogen) atoms. The average molecular weight is 160 g/mol. The fraction of sp³-hybridized carbons (Fsp3) is 0.400. The molecular weight excluding hydrogens is 154 g/mol. The van der Waals surface area contributed by atoms with Crippen LogP contribution in [-0.4, -0.2) is 10.7 Å². The normalized spacial score (nSPS) is 37.4. The van der Waals surface area contributed by atoms with Gasteiger partial charge in [-0.1, -0.05) is 15.9 Å². The fourth-order valence-electron chi connectivity index (χ4n) is 0.450. The zero-order chi connectivity index (χ0) is 5.33. The van der Waals surface area contributed by atoms with Gasteiger partial charge in [0.15, 0.2) is 0 Å². The number of halogens is 1. The number of hydrogen-bond acceptors (Lipinski definition) is 1. The summed E-state index contributed by atoms with van der Waals surface area (Å²) in [6.07, 6.45) is 5.70. The molecular formula is C5H6BrN. The smallest absolute Gasteiger partial charge is 0.131 e. The lowest BCUT2D eigenvalue weighted by Crippen LogP contribution is -2.01. The zero-order valence-electron chi connectivity index (χ0n) is 4.06. The minimum atomic E-state index is -0.104. The van der Waals surface area contributed by atoms with Crippen LogP contribution in [0.4, 0.5) is 0 Å². The highest BCUT2D eigenvalue weighted by Crippen LogP contribution is 2.22. The van der Waals surface area contributed by atoms with Gasteiger partial charge in [0, 0.05) is 6.21 Å². The molecule has 1 unspecified atom stereocenters. The SMILES string of the molecule is CC1(Br)C=CC=N1. The molecule has 1 atom stereocenters. The highest BCUT2D eigenvalue weighted by molar-refractivity contribution is 9.10. The lowest BCUT2D eigenvalue weighted by molar-refractivity contribution is 0.891. The quantitative estimate of drug-likeness (QED) is 0.378. The summed E-state index contributed by atoms with van der Waals surface area (Å²) >= 11 is 3.36. The van der Waals surface area contributed by atoms with Crippen LogP contribution in [0.5, 0.6) is 0 Å². The zero-order valence-corrected chi connectivity index (χ0v) is 5.64. The second kappa shape index (κ2) is 1.44. The molecule has 0 aromatic heterocycles. The average Bonchev–Trinajstić information content (AvgIpc) is 1.84. The monoisotopic (exact) mass is 159 g/mol. The molecule has 0 N–H and O–H groups in total. The Morgan fingerprint density at radius 3 is 2.57 bits per heavy atom. The Morgan fingerprint density at radius 2 is 2.43 bits per heavy atom. The van der Waals surface area contributed by atoms with Crippen LogP contribution in [0.15, 0.2) is 17.1 Å². The molecule has 0 spiro atoms. The highest BCUT2D eigenvalue weighted by atomic mass is 79.9. The van der Waals surface area contributed by atoms with Gasteiger partial charge >= 0.3 is 0 Å². The van der Waals surface area contributed by atoms with Gasteiger partial charge in [-0.15, -0.1) is 0 Å². The predicted molar refractivity (Wildman–Crippen MR) is 35.0 cm³/mol. The van der Waals surface area contributed by atoms with E-state index in [0.717, 1.165) is 0 Å². The Bertz CT molecular complexity index is 110. The molecule has 0 radical (unpaired) electrons. The van der Waals surface area contributed by atoms with Crippen LogP contribution in [0.25, 0.3) is 0 Å². The number of hydrogen-bond donors (Lipinski definition) is 0. The predicted octanol–water partition coefficient (Wildman–Crippen LogP) is 1.74. The minimum absolute atomic E-state index is 0.104. The molecule has 0 saturated carbocycles. The van der Waals surface area contributed by atoms with E-state index in [4.69, 9.17) is 0 Å². The molecule has 1 rings (SSSR count). The summed E-state index contributed by atoms with van der Waals surface area (Å²) in [4.78, 5) is 4.05. The lowest BCUT2D eigenvalue weighted by atomic mass is 10.4. The van der Waals surface area contributed by atoms with Gasteiger partial charge in [0.05, 0.1) is 0 Å². The fourth-order valence-corrected chi connectivity index (χ4v) is 0.721. The summed E-state index contributed by atoms with van der Waals surface area (Å²) in [5, 5.41) is 0. The van der Waals surface area contributed by atoms with Crippen molar-refractivity contribution in [3.63, 3.8) is 0 Å². The van der Waals surface area contributed by atoms with Crippen molar-refractivity contribution in [2.24, 2.45) is 4.99 Å². The van der Waals surface area contributed by atoms with E-state index >= 15 is 0 Å².